The van der Waals surface area contributed by atoms with E-state index in [2.05, 4.69) is 15.9 Å². The highest BCUT2D eigenvalue weighted by molar-refractivity contribution is 9.10. The third-order valence-corrected chi connectivity index (χ3v) is 3.25. The summed E-state index contributed by atoms with van der Waals surface area (Å²) in [7, 11) is 0. The fourth-order valence-corrected chi connectivity index (χ4v) is 1.97. The molecule has 0 aromatic heterocycles. The predicted molar refractivity (Wildman–Crippen MR) is 56.6 cm³/mol. The van der Waals surface area contributed by atoms with E-state index in [1.807, 2.05) is 6.07 Å². The van der Waals surface area contributed by atoms with Crippen LogP contribution in [0.2, 0.25) is 5.02 Å². The Morgan fingerprint density at radius 2 is 1.92 bits per heavy atom. The molecule has 0 aliphatic carbocycles. The van der Waals surface area contributed by atoms with E-state index >= 15 is 0 Å². The third kappa shape index (κ3) is 1.45. The van der Waals surface area contributed by atoms with Gasteiger partial charge in [0.05, 0.1) is 5.02 Å². The maximum absolute atomic E-state index is 13.3. The number of benzene rings is 2. The van der Waals surface area contributed by atoms with Gasteiger partial charge >= 0.3 is 0 Å². The van der Waals surface area contributed by atoms with Gasteiger partial charge in [-0.1, -0.05) is 29.8 Å². The fourth-order valence-electron chi connectivity index (χ4n) is 1.27. The van der Waals surface area contributed by atoms with Crippen LogP contribution in [0.15, 0.2) is 34.8 Å². The Hall–Kier alpha value is -0.600. The van der Waals surface area contributed by atoms with Gasteiger partial charge in [0.1, 0.15) is 5.82 Å². The lowest BCUT2D eigenvalue weighted by molar-refractivity contribution is 0.639. The second-order valence-electron chi connectivity index (χ2n) is 2.70. The number of hydrogen-bond acceptors (Lipinski definition) is 0. The lowest BCUT2D eigenvalue weighted by atomic mass is 10.1. The van der Waals surface area contributed by atoms with Crippen molar-refractivity contribution in [2.24, 2.45) is 0 Å². The van der Waals surface area contributed by atoms with Gasteiger partial charge in [-0.3, -0.25) is 0 Å². The molecule has 2 rings (SSSR count). The molecular formula is C10H5BrClF. The van der Waals surface area contributed by atoms with E-state index < -0.39 is 0 Å². The van der Waals surface area contributed by atoms with Crippen molar-refractivity contribution < 1.29 is 4.39 Å². The van der Waals surface area contributed by atoms with Crippen LogP contribution in [0.4, 0.5) is 4.39 Å². The van der Waals surface area contributed by atoms with E-state index in [-0.39, 0.29) is 5.82 Å². The van der Waals surface area contributed by atoms with Gasteiger partial charge in [-0.25, -0.2) is 4.39 Å². The Morgan fingerprint density at radius 3 is 2.69 bits per heavy atom. The quantitative estimate of drug-likeness (QED) is 0.658. The first-order valence-corrected chi connectivity index (χ1v) is 4.89. The number of fused-ring (bicyclic) bond motifs is 1. The molecule has 0 atom stereocenters. The summed E-state index contributed by atoms with van der Waals surface area (Å²) in [6.45, 7) is 0. The highest BCUT2D eigenvalue weighted by Gasteiger charge is 2.06. The summed E-state index contributed by atoms with van der Waals surface area (Å²) in [5.74, 6) is -0.258. The zero-order chi connectivity index (χ0) is 9.42. The molecule has 13 heavy (non-hydrogen) atoms. The van der Waals surface area contributed by atoms with Gasteiger partial charge in [0.25, 0.3) is 0 Å². The molecule has 2 aromatic rings. The van der Waals surface area contributed by atoms with Crippen LogP contribution in [0.5, 0.6) is 0 Å². The molecule has 0 N–H and O–H groups in total. The summed E-state index contributed by atoms with van der Waals surface area (Å²) < 4.78 is 14.0. The predicted octanol–water partition coefficient (Wildman–Crippen LogP) is 4.39. The first-order chi connectivity index (χ1) is 6.20. The first kappa shape index (κ1) is 8.97. The standard InChI is InChI=1S/C10H5BrClF/c11-10-7(12)5-4-6-2-1-3-8(13)9(6)10/h1-5H. The van der Waals surface area contributed by atoms with Gasteiger partial charge in [0.15, 0.2) is 0 Å². The highest BCUT2D eigenvalue weighted by Crippen LogP contribution is 2.32. The molecule has 0 unspecified atom stereocenters. The molecule has 0 aliphatic rings. The van der Waals surface area contributed by atoms with Crippen molar-refractivity contribution in [2.75, 3.05) is 0 Å². The van der Waals surface area contributed by atoms with E-state index in [9.17, 15) is 4.39 Å². The van der Waals surface area contributed by atoms with Crippen molar-refractivity contribution in [2.45, 2.75) is 0 Å². The molecule has 0 heterocycles. The molecular weight excluding hydrogens is 254 g/mol. The van der Waals surface area contributed by atoms with Gasteiger partial charge in [0, 0.05) is 9.86 Å². The molecule has 0 aliphatic heterocycles. The van der Waals surface area contributed by atoms with Crippen LogP contribution in [0.3, 0.4) is 0 Å². The zero-order valence-corrected chi connectivity index (χ0v) is 8.86. The van der Waals surface area contributed by atoms with Gasteiger partial charge in [-0.15, -0.1) is 0 Å². The van der Waals surface area contributed by atoms with Gasteiger partial charge in [-0.05, 0) is 33.4 Å². The molecule has 0 saturated heterocycles. The molecule has 0 saturated carbocycles. The van der Waals surface area contributed by atoms with E-state index in [4.69, 9.17) is 11.6 Å². The van der Waals surface area contributed by atoms with Crippen molar-refractivity contribution >= 4 is 38.3 Å². The number of halogens is 3. The molecule has 0 fully saturated rings. The molecule has 3 heteroatoms. The van der Waals surface area contributed by atoms with E-state index in [1.165, 1.54) is 6.07 Å². The summed E-state index contributed by atoms with van der Waals surface area (Å²) in [6, 6.07) is 8.49. The SMILES string of the molecule is Fc1cccc2ccc(Cl)c(Br)c12. The number of hydrogen-bond donors (Lipinski definition) is 0. The van der Waals surface area contributed by atoms with Gasteiger partial charge in [0.2, 0.25) is 0 Å². The smallest absolute Gasteiger partial charge is 0.132 e. The number of rotatable bonds is 0. The lowest BCUT2D eigenvalue weighted by Crippen LogP contribution is -1.81. The van der Waals surface area contributed by atoms with Crippen molar-refractivity contribution in [1.82, 2.24) is 0 Å². The molecule has 0 spiro atoms. The second kappa shape index (κ2) is 3.28. The molecule has 2 aromatic carbocycles. The van der Waals surface area contributed by atoms with Crippen LogP contribution in [0, 0.1) is 5.82 Å². The first-order valence-electron chi connectivity index (χ1n) is 3.72. The summed E-state index contributed by atoms with van der Waals surface area (Å²) >= 11 is 9.11. The summed E-state index contributed by atoms with van der Waals surface area (Å²) in [5, 5.41) is 1.91. The molecule has 0 nitrogen and oxygen atoms in total. The van der Waals surface area contributed by atoms with Crippen LogP contribution in [-0.2, 0) is 0 Å². The maximum atomic E-state index is 13.3. The minimum absolute atomic E-state index is 0.258. The zero-order valence-electron chi connectivity index (χ0n) is 6.52. The van der Waals surface area contributed by atoms with Gasteiger partial charge < -0.3 is 0 Å². The van der Waals surface area contributed by atoms with Crippen LogP contribution in [0.1, 0.15) is 0 Å². The van der Waals surface area contributed by atoms with Crippen molar-refractivity contribution in [3.8, 4) is 0 Å². The van der Waals surface area contributed by atoms with Crippen molar-refractivity contribution in [3.63, 3.8) is 0 Å². The van der Waals surface area contributed by atoms with Crippen LogP contribution < -0.4 is 0 Å². The molecule has 0 bridgehead atoms. The van der Waals surface area contributed by atoms with Crippen molar-refractivity contribution in [1.29, 1.82) is 0 Å². The minimum Gasteiger partial charge on any atom is -0.206 e. The van der Waals surface area contributed by atoms with E-state index in [0.717, 1.165) is 5.39 Å². The van der Waals surface area contributed by atoms with Crippen LogP contribution in [0.25, 0.3) is 10.8 Å². The Morgan fingerprint density at radius 1 is 1.15 bits per heavy atom. The lowest BCUT2D eigenvalue weighted by Gasteiger charge is -2.03. The average molecular weight is 260 g/mol. The summed E-state index contributed by atoms with van der Waals surface area (Å²) in [4.78, 5) is 0. The largest absolute Gasteiger partial charge is 0.206 e. The van der Waals surface area contributed by atoms with Crippen molar-refractivity contribution in [3.05, 3.63) is 45.6 Å². The minimum atomic E-state index is -0.258. The molecule has 66 valence electrons. The van der Waals surface area contributed by atoms with Crippen LogP contribution in [-0.4, -0.2) is 0 Å². The van der Waals surface area contributed by atoms with Crippen LogP contribution >= 0.6 is 27.5 Å². The Bertz CT molecular complexity index is 468. The third-order valence-electron chi connectivity index (χ3n) is 1.88. The highest BCUT2D eigenvalue weighted by atomic mass is 79.9. The topological polar surface area (TPSA) is 0 Å². The van der Waals surface area contributed by atoms with Gasteiger partial charge in [-0.2, -0.15) is 0 Å². The Balaban J connectivity index is 2.97. The summed E-state index contributed by atoms with van der Waals surface area (Å²) in [5.41, 5.74) is 0. The Kier molecular flexibility index (Phi) is 2.26. The maximum Gasteiger partial charge on any atom is 0.132 e. The molecule has 0 radical (unpaired) electrons. The van der Waals surface area contributed by atoms with E-state index in [0.29, 0.717) is 14.9 Å². The van der Waals surface area contributed by atoms with E-state index in [1.54, 1.807) is 18.2 Å². The monoisotopic (exact) mass is 258 g/mol. The normalized spacial score (nSPS) is 10.7. The fraction of sp³-hybridized carbons (Fsp3) is 0. The summed E-state index contributed by atoms with van der Waals surface area (Å²) in [6.07, 6.45) is 0. The average Bonchev–Trinajstić information content (AvgIpc) is 2.12. The Labute approximate surface area is 88.4 Å². The molecule has 0 amide bonds. The second-order valence-corrected chi connectivity index (χ2v) is 3.90.